The van der Waals surface area contributed by atoms with Crippen molar-refractivity contribution in [3.63, 3.8) is 0 Å². The predicted octanol–water partition coefficient (Wildman–Crippen LogP) is 5.12. The first-order valence-corrected chi connectivity index (χ1v) is 6.77. The molecule has 1 aromatic carbocycles. The lowest BCUT2D eigenvalue weighted by molar-refractivity contribution is 0.314. The highest BCUT2D eigenvalue weighted by molar-refractivity contribution is 6.19. The van der Waals surface area contributed by atoms with Crippen LogP contribution in [0, 0.1) is 11.6 Å². The van der Waals surface area contributed by atoms with E-state index in [4.69, 9.17) is 16.3 Å². The second kappa shape index (κ2) is 7.85. The molecule has 0 saturated carbocycles. The van der Waals surface area contributed by atoms with Gasteiger partial charge in [-0.15, -0.1) is 11.6 Å². The lowest BCUT2D eigenvalue weighted by Crippen LogP contribution is -1.99. The third-order valence-corrected chi connectivity index (χ3v) is 3.02. The van der Waals surface area contributed by atoms with Crippen molar-refractivity contribution in [1.29, 1.82) is 0 Å². The zero-order valence-corrected chi connectivity index (χ0v) is 12.3. The summed E-state index contributed by atoms with van der Waals surface area (Å²) in [7, 11) is 0. The van der Waals surface area contributed by atoms with E-state index in [1.165, 1.54) is 12.1 Å². The highest BCUT2D eigenvalue weighted by atomic mass is 35.5. The van der Waals surface area contributed by atoms with Gasteiger partial charge < -0.3 is 4.74 Å². The summed E-state index contributed by atoms with van der Waals surface area (Å²) in [5.41, 5.74) is 1.35. The van der Waals surface area contributed by atoms with Gasteiger partial charge in [-0.1, -0.05) is 24.8 Å². The summed E-state index contributed by atoms with van der Waals surface area (Å²) < 4.78 is 32.7. The minimum absolute atomic E-state index is 0.0968. The lowest BCUT2D eigenvalue weighted by Gasteiger charge is -2.09. The number of rotatable bonds is 6. The fraction of sp³-hybridized carbons (Fsp3) is 0.250. The third kappa shape index (κ3) is 3.94. The van der Waals surface area contributed by atoms with E-state index in [9.17, 15) is 8.78 Å². The zero-order chi connectivity index (χ0) is 15.1. The van der Waals surface area contributed by atoms with Crippen LogP contribution in [0.4, 0.5) is 8.78 Å². The van der Waals surface area contributed by atoms with E-state index < -0.39 is 11.6 Å². The standard InChI is InChI=1S/C16H17ClF2O/c1-4-12(10-17)7-6-11(3)13-8-9-14(20-5-2)16(19)15(13)18/h4,6-9H,3,5,10H2,1-2H3/b7-6-,12-4+. The molecular formula is C16H17ClF2O. The Bertz CT molecular complexity index is 548. The van der Waals surface area contributed by atoms with Crippen LogP contribution in [-0.4, -0.2) is 12.5 Å². The molecule has 1 rings (SSSR count). The summed E-state index contributed by atoms with van der Waals surface area (Å²) in [6.07, 6.45) is 5.17. The van der Waals surface area contributed by atoms with Gasteiger partial charge in [-0.25, -0.2) is 4.39 Å². The van der Waals surface area contributed by atoms with Crippen LogP contribution in [0.25, 0.3) is 5.57 Å². The Labute approximate surface area is 123 Å². The first-order chi connectivity index (χ1) is 9.54. The Hall–Kier alpha value is -1.61. The van der Waals surface area contributed by atoms with Crippen LogP contribution < -0.4 is 4.74 Å². The van der Waals surface area contributed by atoms with Gasteiger partial charge in [-0.3, -0.25) is 0 Å². The fourth-order valence-corrected chi connectivity index (χ4v) is 1.81. The molecule has 4 heteroatoms. The molecule has 20 heavy (non-hydrogen) atoms. The molecule has 0 saturated heterocycles. The molecule has 0 spiro atoms. The average molecular weight is 299 g/mol. The van der Waals surface area contributed by atoms with Crippen molar-refractivity contribution in [3.05, 3.63) is 59.7 Å². The van der Waals surface area contributed by atoms with Crippen molar-refractivity contribution in [1.82, 2.24) is 0 Å². The Morgan fingerprint density at radius 3 is 2.55 bits per heavy atom. The maximum absolute atomic E-state index is 13.9. The van der Waals surface area contributed by atoms with Gasteiger partial charge >= 0.3 is 0 Å². The number of hydrogen-bond acceptors (Lipinski definition) is 1. The van der Waals surface area contributed by atoms with Crippen LogP contribution in [0.2, 0.25) is 0 Å². The van der Waals surface area contributed by atoms with Crippen LogP contribution in [0.5, 0.6) is 5.75 Å². The fourth-order valence-electron chi connectivity index (χ4n) is 1.56. The van der Waals surface area contributed by atoms with Crippen molar-refractivity contribution in [2.45, 2.75) is 13.8 Å². The monoisotopic (exact) mass is 298 g/mol. The van der Waals surface area contributed by atoms with Gasteiger partial charge in [0.15, 0.2) is 11.6 Å². The summed E-state index contributed by atoms with van der Waals surface area (Å²) in [5.74, 6) is -1.71. The van der Waals surface area contributed by atoms with Crippen LogP contribution in [-0.2, 0) is 0 Å². The molecule has 0 unspecified atom stereocenters. The molecule has 0 heterocycles. The molecular weight excluding hydrogens is 282 g/mol. The van der Waals surface area contributed by atoms with E-state index in [2.05, 4.69) is 6.58 Å². The van der Waals surface area contributed by atoms with E-state index >= 15 is 0 Å². The second-order valence-corrected chi connectivity index (χ2v) is 4.30. The quantitative estimate of drug-likeness (QED) is 0.523. The molecule has 0 bridgehead atoms. The first kappa shape index (κ1) is 16.4. The van der Waals surface area contributed by atoms with Crippen LogP contribution in [0.1, 0.15) is 19.4 Å². The van der Waals surface area contributed by atoms with E-state index in [-0.39, 0.29) is 17.9 Å². The van der Waals surface area contributed by atoms with Crippen molar-refractivity contribution < 1.29 is 13.5 Å². The van der Waals surface area contributed by atoms with Gasteiger partial charge in [-0.2, -0.15) is 4.39 Å². The molecule has 0 amide bonds. The molecule has 1 nitrogen and oxygen atoms in total. The van der Waals surface area contributed by atoms with Crippen molar-refractivity contribution in [3.8, 4) is 5.75 Å². The molecule has 0 aliphatic heterocycles. The van der Waals surface area contributed by atoms with E-state index in [1.807, 2.05) is 13.0 Å². The van der Waals surface area contributed by atoms with Crippen LogP contribution in [0.3, 0.4) is 0 Å². The normalized spacial score (nSPS) is 11.9. The van der Waals surface area contributed by atoms with Crippen molar-refractivity contribution in [2.75, 3.05) is 12.5 Å². The average Bonchev–Trinajstić information content (AvgIpc) is 2.45. The third-order valence-electron chi connectivity index (χ3n) is 2.72. The molecule has 0 radical (unpaired) electrons. The number of hydrogen-bond donors (Lipinski definition) is 0. The summed E-state index contributed by atoms with van der Waals surface area (Å²) in [6, 6.07) is 2.85. The van der Waals surface area contributed by atoms with Gasteiger partial charge in [-0.05, 0) is 37.1 Å². The Kier molecular flexibility index (Phi) is 6.46. The minimum atomic E-state index is -0.998. The molecule has 108 valence electrons. The van der Waals surface area contributed by atoms with E-state index in [0.29, 0.717) is 11.5 Å². The largest absolute Gasteiger partial charge is 0.491 e. The molecule has 0 aliphatic carbocycles. The second-order valence-electron chi connectivity index (χ2n) is 4.03. The number of benzene rings is 1. The Balaban J connectivity index is 3.03. The lowest BCUT2D eigenvalue weighted by atomic mass is 10.0. The van der Waals surface area contributed by atoms with E-state index in [0.717, 1.165) is 5.57 Å². The van der Waals surface area contributed by atoms with Crippen molar-refractivity contribution >= 4 is 17.2 Å². The maximum atomic E-state index is 13.9. The van der Waals surface area contributed by atoms with Gasteiger partial charge in [0.2, 0.25) is 5.82 Å². The van der Waals surface area contributed by atoms with Gasteiger partial charge in [0, 0.05) is 11.4 Å². The highest BCUT2D eigenvalue weighted by Crippen LogP contribution is 2.27. The number of allylic oxidation sites excluding steroid dienone is 5. The van der Waals surface area contributed by atoms with Crippen molar-refractivity contribution in [2.24, 2.45) is 0 Å². The number of alkyl halides is 1. The molecule has 0 aliphatic rings. The minimum Gasteiger partial charge on any atom is -0.491 e. The molecule has 1 aromatic rings. The van der Waals surface area contributed by atoms with Crippen LogP contribution in [0.15, 0.2) is 42.5 Å². The van der Waals surface area contributed by atoms with Gasteiger partial charge in [0.05, 0.1) is 6.61 Å². The SMILES string of the molecule is C=C(/C=C\C(=C/C)CCl)c1ccc(OCC)c(F)c1F. The first-order valence-electron chi connectivity index (χ1n) is 6.24. The molecule has 0 N–H and O–H groups in total. The highest BCUT2D eigenvalue weighted by Gasteiger charge is 2.15. The zero-order valence-electron chi connectivity index (χ0n) is 11.6. The predicted molar refractivity (Wildman–Crippen MR) is 80.2 cm³/mol. The van der Waals surface area contributed by atoms with Crippen LogP contribution >= 0.6 is 11.6 Å². The smallest absolute Gasteiger partial charge is 0.201 e. The summed E-state index contributed by atoms with van der Waals surface area (Å²) >= 11 is 5.71. The topological polar surface area (TPSA) is 9.23 Å². The Morgan fingerprint density at radius 2 is 2.00 bits per heavy atom. The van der Waals surface area contributed by atoms with E-state index in [1.54, 1.807) is 19.1 Å². The molecule has 0 fully saturated rings. The number of halogens is 3. The van der Waals surface area contributed by atoms with Gasteiger partial charge in [0.25, 0.3) is 0 Å². The van der Waals surface area contributed by atoms with Gasteiger partial charge in [0.1, 0.15) is 0 Å². The maximum Gasteiger partial charge on any atom is 0.201 e. The number of ether oxygens (including phenoxy) is 1. The molecule has 0 atom stereocenters. The molecule has 0 aromatic heterocycles. The summed E-state index contributed by atoms with van der Waals surface area (Å²) in [5, 5.41) is 0. The Morgan fingerprint density at radius 1 is 1.30 bits per heavy atom. The summed E-state index contributed by atoms with van der Waals surface area (Å²) in [4.78, 5) is 0. The summed E-state index contributed by atoms with van der Waals surface area (Å²) in [6.45, 7) is 7.57.